The number of benzene rings is 4. The van der Waals surface area contributed by atoms with Gasteiger partial charge < -0.3 is 14.9 Å². The van der Waals surface area contributed by atoms with Gasteiger partial charge >= 0.3 is 0 Å². The van der Waals surface area contributed by atoms with Crippen molar-refractivity contribution in [3.63, 3.8) is 0 Å². The summed E-state index contributed by atoms with van der Waals surface area (Å²) in [4.78, 5) is 17.9. The largest absolute Gasteiger partial charge is 0.507 e. The Hall–Kier alpha value is -4.31. The molecule has 4 aromatic rings. The van der Waals surface area contributed by atoms with E-state index in [0.29, 0.717) is 17.6 Å². The molecule has 4 aromatic carbocycles. The molecule has 1 atom stereocenters. The summed E-state index contributed by atoms with van der Waals surface area (Å²) in [6.45, 7) is 8.96. The molecule has 2 heterocycles. The Morgan fingerprint density at radius 1 is 0.805 bits per heavy atom. The van der Waals surface area contributed by atoms with Crippen molar-refractivity contribution in [3.8, 4) is 0 Å². The number of rotatable bonds is 3. The molecule has 206 valence electrons. The predicted octanol–water partition coefficient (Wildman–Crippen LogP) is 8.11. The van der Waals surface area contributed by atoms with E-state index in [4.69, 9.17) is 0 Å². The zero-order valence-corrected chi connectivity index (χ0v) is 24.6. The number of hydrogen-bond acceptors (Lipinski definition) is 4. The molecule has 4 nitrogen and oxygen atoms in total. The van der Waals surface area contributed by atoms with Gasteiger partial charge in [0.15, 0.2) is 5.78 Å². The lowest BCUT2D eigenvalue weighted by Gasteiger charge is -2.32. The molecule has 3 aliphatic rings. The summed E-state index contributed by atoms with van der Waals surface area (Å²) in [6.07, 6.45) is 4.52. The third-order valence-corrected chi connectivity index (χ3v) is 9.87. The number of carbonyl (C=O) groups is 1. The number of allylic oxidation sites excluding steroid dienone is 4. The van der Waals surface area contributed by atoms with Crippen LogP contribution in [-0.2, 0) is 15.6 Å². The average Bonchev–Trinajstić information content (AvgIpc) is 3.29. The van der Waals surface area contributed by atoms with Crippen molar-refractivity contribution < 1.29 is 9.90 Å². The minimum absolute atomic E-state index is 0.0491. The highest BCUT2D eigenvalue weighted by Gasteiger charge is 2.45. The van der Waals surface area contributed by atoms with Crippen molar-refractivity contribution in [2.75, 3.05) is 23.9 Å². The molecule has 41 heavy (non-hydrogen) atoms. The zero-order valence-electron chi connectivity index (χ0n) is 24.6. The van der Waals surface area contributed by atoms with E-state index in [-0.39, 0.29) is 28.4 Å². The van der Waals surface area contributed by atoms with Gasteiger partial charge in [0.05, 0.1) is 11.6 Å². The molecule has 0 bridgehead atoms. The van der Waals surface area contributed by atoms with Crippen LogP contribution >= 0.6 is 0 Å². The molecule has 4 heteroatoms. The minimum atomic E-state index is -0.235. The van der Waals surface area contributed by atoms with Crippen LogP contribution in [0.4, 0.5) is 11.4 Å². The molecule has 0 fully saturated rings. The van der Waals surface area contributed by atoms with Gasteiger partial charge in [-0.25, -0.2) is 0 Å². The number of aliphatic hydroxyl groups excluding tert-OH is 1. The Labute approximate surface area is 241 Å². The van der Waals surface area contributed by atoms with E-state index in [2.05, 4.69) is 130 Å². The molecule has 2 aliphatic heterocycles. The van der Waals surface area contributed by atoms with Gasteiger partial charge in [-0.15, -0.1) is 0 Å². The van der Waals surface area contributed by atoms with Crippen molar-refractivity contribution >= 4 is 38.7 Å². The van der Waals surface area contributed by atoms with Gasteiger partial charge in [-0.05, 0) is 57.3 Å². The summed E-state index contributed by atoms with van der Waals surface area (Å²) in [5, 5.41) is 16.1. The quantitative estimate of drug-likeness (QED) is 0.267. The van der Waals surface area contributed by atoms with Crippen LogP contribution in [0.1, 0.15) is 45.2 Å². The number of aliphatic hydroxyl groups is 1. The van der Waals surface area contributed by atoms with Crippen molar-refractivity contribution in [2.45, 2.75) is 51.0 Å². The second-order valence-corrected chi connectivity index (χ2v) is 12.9. The lowest BCUT2D eigenvalue weighted by Crippen LogP contribution is -2.39. The molecule has 0 radical (unpaired) electrons. The normalized spacial score (nSPS) is 22.7. The number of likely N-dealkylation sites (N-methyl/N-ethyl adjacent to an activating group) is 2. The Bertz CT molecular complexity index is 1890. The number of fused-ring (bicyclic) bond motifs is 6. The molecule has 0 saturated carbocycles. The number of anilines is 2. The minimum Gasteiger partial charge on any atom is -0.507 e. The first-order chi connectivity index (χ1) is 19.5. The predicted molar refractivity (Wildman–Crippen MR) is 170 cm³/mol. The van der Waals surface area contributed by atoms with E-state index >= 15 is 0 Å². The highest BCUT2D eigenvalue weighted by molar-refractivity contribution is 6.19. The van der Waals surface area contributed by atoms with Gasteiger partial charge in [0, 0.05) is 47.6 Å². The highest BCUT2D eigenvalue weighted by Crippen LogP contribution is 2.51. The van der Waals surface area contributed by atoms with Crippen molar-refractivity contribution in [1.29, 1.82) is 0 Å². The maximum absolute atomic E-state index is 13.5. The van der Waals surface area contributed by atoms with E-state index in [1.165, 1.54) is 44.0 Å². The SMILES string of the molecule is CN1/C(=C\CC2=C(O)/C(=C/C3N(C)c4ccc5ccccc5c4C3(C)C)C2=O)C(C)(C)c2c1ccc1ccccc21. The fourth-order valence-corrected chi connectivity index (χ4v) is 7.78. The fourth-order valence-electron chi connectivity index (χ4n) is 7.78. The topological polar surface area (TPSA) is 43.8 Å². The maximum Gasteiger partial charge on any atom is 0.196 e. The molecule has 0 saturated heterocycles. The Morgan fingerprint density at radius 2 is 1.39 bits per heavy atom. The van der Waals surface area contributed by atoms with Crippen LogP contribution in [0.25, 0.3) is 21.5 Å². The van der Waals surface area contributed by atoms with Crippen molar-refractivity contribution in [3.05, 3.63) is 119 Å². The number of Topliss-reactive ketones (excluding diaryl/α,β-unsaturated/α-hetero) is 1. The van der Waals surface area contributed by atoms with Crippen molar-refractivity contribution in [2.24, 2.45) is 0 Å². The number of carbonyl (C=O) groups excluding carboxylic acids is 1. The van der Waals surface area contributed by atoms with Crippen LogP contribution in [0.3, 0.4) is 0 Å². The summed E-state index contributed by atoms with van der Waals surface area (Å²) >= 11 is 0. The molecule has 0 amide bonds. The van der Waals surface area contributed by atoms with Gasteiger partial charge in [-0.2, -0.15) is 0 Å². The molecule has 1 aliphatic carbocycles. The van der Waals surface area contributed by atoms with Crippen LogP contribution in [0.15, 0.2) is 108 Å². The van der Waals surface area contributed by atoms with E-state index in [1.807, 2.05) is 6.08 Å². The maximum atomic E-state index is 13.5. The smallest absolute Gasteiger partial charge is 0.196 e. The van der Waals surface area contributed by atoms with Gasteiger partial charge in [-0.1, -0.05) is 94.4 Å². The molecular weight excluding hydrogens is 504 g/mol. The summed E-state index contributed by atoms with van der Waals surface area (Å²) in [5.41, 5.74) is 6.59. The van der Waals surface area contributed by atoms with E-state index in [0.717, 1.165) is 5.70 Å². The third kappa shape index (κ3) is 3.43. The van der Waals surface area contributed by atoms with Gasteiger partial charge in [-0.3, -0.25) is 4.79 Å². The first-order valence-electron chi connectivity index (χ1n) is 14.4. The summed E-state index contributed by atoms with van der Waals surface area (Å²) in [7, 11) is 4.18. The summed E-state index contributed by atoms with van der Waals surface area (Å²) < 4.78 is 0. The monoisotopic (exact) mass is 540 g/mol. The van der Waals surface area contributed by atoms with Gasteiger partial charge in [0.2, 0.25) is 0 Å². The molecule has 1 N–H and O–H groups in total. The molecule has 0 spiro atoms. The Morgan fingerprint density at radius 3 is 2.02 bits per heavy atom. The highest BCUT2D eigenvalue weighted by atomic mass is 16.3. The van der Waals surface area contributed by atoms with Crippen molar-refractivity contribution in [1.82, 2.24) is 0 Å². The number of ketones is 1. The van der Waals surface area contributed by atoms with E-state index in [1.54, 1.807) is 0 Å². The Kier molecular flexibility index (Phi) is 5.38. The van der Waals surface area contributed by atoms with Crippen LogP contribution < -0.4 is 9.80 Å². The van der Waals surface area contributed by atoms with Crippen LogP contribution in [0.2, 0.25) is 0 Å². The van der Waals surface area contributed by atoms with Gasteiger partial charge in [0.1, 0.15) is 5.76 Å². The second-order valence-electron chi connectivity index (χ2n) is 12.9. The molecule has 1 unspecified atom stereocenters. The van der Waals surface area contributed by atoms with E-state index in [9.17, 15) is 9.90 Å². The van der Waals surface area contributed by atoms with Crippen LogP contribution in [0.5, 0.6) is 0 Å². The zero-order chi connectivity index (χ0) is 28.8. The summed E-state index contributed by atoms with van der Waals surface area (Å²) in [5.74, 6) is 0.0871. The molecule has 7 rings (SSSR count). The molecule has 0 aromatic heterocycles. The number of hydrogen-bond donors (Lipinski definition) is 1. The number of nitrogens with zero attached hydrogens (tertiary/aromatic N) is 2. The fraction of sp³-hybridized carbons (Fsp3) is 0.270. The lowest BCUT2D eigenvalue weighted by atomic mass is 9.75. The lowest BCUT2D eigenvalue weighted by molar-refractivity contribution is -0.114. The standard InChI is InChI=1S/C37H36N2O2/c1-36(2)30(38(5)28-18-15-22-11-7-9-13-24(22)32(28)36)20-17-26-34(40)27(35(26)41)21-31-37(3,4)33-25-14-10-8-12-23(25)16-19-29(33)39(31)6/h7-16,18-21,31,40H,17H2,1-6H3/b27-21-,30-20-. The van der Waals surface area contributed by atoms with Crippen LogP contribution in [0, 0.1) is 0 Å². The average molecular weight is 541 g/mol. The van der Waals surface area contributed by atoms with Crippen LogP contribution in [-0.4, -0.2) is 31.0 Å². The third-order valence-electron chi connectivity index (χ3n) is 9.87. The summed E-state index contributed by atoms with van der Waals surface area (Å²) in [6, 6.07) is 25.6. The first kappa shape index (κ1) is 25.6. The molecular formula is C37H36N2O2. The Balaban J connectivity index is 1.21. The first-order valence-corrected chi connectivity index (χ1v) is 14.4. The van der Waals surface area contributed by atoms with E-state index < -0.39 is 0 Å². The van der Waals surface area contributed by atoms with Gasteiger partial charge in [0.25, 0.3) is 0 Å². The second kappa shape index (κ2) is 8.59.